The highest BCUT2D eigenvalue weighted by Crippen LogP contribution is 2.77. The van der Waals surface area contributed by atoms with Gasteiger partial charge in [0.1, 0.15) is 5.15 Å². The van der Waals surface area contributed by atoms with Crippen LogP contribution in [0.4, 0.5) is 0 Å². The van der Waals surface area contributed by atoms with Gasteiger partial charge in [-0.25, -0.2) is 4.98 Å². The Hall–Kier alpha value is -0.820. The highest BCUT2D eigenvalue weighted by molar-refractivity contribution is 6.29. The van der Waals surface area contributed by atoms with E-state index in [9.17, 15) is 0 Å². The molecule has 0 aromatic carbocycles. The summed E-state index contributed by atoms with van der Waals surface area (Å²) in [6.45, 7) is 0. The molecule has 1 heterocycles. The van der Waals surface area contributed by atoms with Crippen molar-refractivity contribution < 1.29 is 0 Å². The second-order valence-electron chi connectivity index (χ2n) is 6.20. The van der Waals surface area contributed by atoms with E-state index in [4.69, 9.17) is 11.6 Å². The third-order valence-corrected chi connectivity index (χ3v) is 5.82. The van der Waals surface area contributed by atoms with Crippen LogP contribution >= 0.6 is 11.6 Å². The average molecular weight is 244 g/mol. The van der Waals surface area contributed by atoms with Gasteiger partial charge in [-0.3, -0.25) is 0 Å². The van der Waals surface area contributed by atoms with Crippen molar-refractivity contribution in [1.29, 1.82) is 0 Å². The van der Waals surface area contributed by atoms with Gasteiger partial charge in [-0.1, -0.05) is 29.8 Å². The first kappa shape index (κ1) is 9.16. The van der Waals surface area contributed by atoms with E-state index in [-0.39, 0.29) is 0 Å². The Morgan fingerprint density at radius 1 is 1.06 bits per heavy atom. The van der Waals surface area contributed by atoms with Gasteiger partial charge < -0.3 is 0 Å². The molecule has 17 heavy (non-hydrogen) atoms. The van der Waals surface area contributed by atoms with E-state index in [1.807, 2.05) is 12.3 Å². The maximum absolute atomic E-state index is 5.89. The molecule has 0 N–H and O–H groups in total. The molecule has 0 radical (unpaired) electrons. The fourth-order valence-electron chi connectivity index (χ4n) is 4.88. The number of hydrogen-bond donors (Lipinski definition) is 0. The van der Waals surface area contributed by atoms with Gasteiger partial charge >= 0.3 is 0 Å². The number of aromatic nitrogens is 1. The molecule has 1 aromatic heterocycles. The summed E-state index contributed by atoms with van der Waals surface area (Å²) in [6, 6.07) is 4.14. The van der Waals surface area contributed by atoms with Crippen molar-refractivity contribution in [1.82, 2.24) is 4.98 Å². The topological polar surface area (TPSA) is 12.9 Å². The van der Waals surface area contributed by atoms with Gasteiger partial charge in [-0.2, -0.15) is 0 Å². The Balaban J connectivity index is 1.60. The number of rotatable bonds is 1. The van der Waals surface area contributed by atoms with Gasteiger partial charge in [0.25, 0.3) is 0 Å². The lowest BCUT2D eigenvalue weighted by Crippen LogP contribution is -2.22. The number of pyridine rings is 1. The zero-order valence-corrected chi connectivity index (χ0v) is 10.2. The van der Waals surface area contributed by atoms with Crippen LogP contribution in [0.1, 0.15) is 17.9 Å². The molecule has 1 nitrogen and oxygen atoms in total. The minimum atomic E-state index is 0.613. The summed E-state index contributed by atoms with van der Waals surface area (Å²) in [6.07, 6.45) is 8.52. The van der Waals surface area contributed by atoms with Crippen LogP contribution < -0.4 is 0 Å². The second-order valence-corrected chi connectivity index (χ2v) is 6.59. The quantitative estimate of drug-likeness (QED) is 0.543. The normalized spacial score (nSPS) is 51.9. The number of fused-ring (bicyclic) bond motifs is 5. The Morgan fingerprint density at radius 3 is 2.76 bits per heavy atom. The van der Waals surface area contributed by atoms with Gasteiger partial charge in [0, 0.05) is 6.20 Å². The maximum atomic E-state index is 5.89. The fraction of sp³-hybridized carbons (Fsp3) is 0.533. The Morgan fingerprint density at radius 2 is 1.94 bits per heavy atom. The largest absolute Gasteiger partial charge is 0.244 e. The summed E-state index contributed by atoms with van der Waals surface area (Å²) in [4.78, 5) is 4.27. The van der Waals surface area contributed by atoms with E-state index in [0.717, 1.165) is 41.4 Å². The first-order valence-corrected chi connectivity index (χ1v) is 7.02. The molecule has 0 saturated heterocycles. The van der Waals surface area contributed by atoms with E-state index in [2.05, 4.69) is 23.2 Å². The smallest absolute Gasteiger partial charge is 0.129 e. The summed E-state index contributed by atoms with van der Waals surface area (Å²) in [5, 5.41) is 0.613. The van der Waals surface area contributed by atoms with Gasteiger partial charge in [0.05, 0.1) is 0 Å². The van der Waals surface area contributed by atoms with E-state index >= 15 is 0 Å². The molecule has 7 atom stereocenters. The standard InChI is InChI=1S/C15H14ClN/c16-12-4-1-7(6-17-12)13-8-2-3-9-14(15(9)13)11-5-10(8)11/h1-4,6,8-11,13-15H,5H2/t8-,9?,10-,11-,13?,14+,15?/m0/s1. The van der Waals surface area contributed by atoms with Gasteiger partial charge in [0.15, 0.2) is 0 Å². The second kappa shape index (κ2) is 2.77. The first-order valence-electron chi connectivity index (χ1n) is 6.64. The molecule has 1 aromatic rings. The molecule has 2 heteroatoms. The molecular weight excluding hydrogens is 230 g/mol. The molecule has 4 aliphatic carbocycles. The van der Waals surface area contributed by atoms with Crippen LogP contribution in [-0.2, 0) is 0 Å². The van der Waals surface area contributed by atoms with Crippen molar-refractivity contribution >= 4 is 11.6 Å². The number of allylic oxidation sites excluding steroid dienone is 2. The molecule has 0 spiro atoms. The molecule has 5 rings (SSSR count). The lowest BCUT2D eigenvalue weighted by Gasteiger charge is -2.30. The van der Waals surface area contributed by atoms with E-state index in [0.29, 0.717) is 5.15 Å². The van der Waals surface area contributed by atoms with Crippen molar-refractivity contribution in [3.8, 4) is 0 Å². The van der Waals surface area contributed by atoms with Crippen LogP contribution in [0.2, 0.25) is 5.15 Å². The molecule has 3 fully saturated rings. The Bertz CT molecular complexity index is 520. The summed E-state index contributed by atoms with van der Waals surface area (Å²) >= 11 is 5.89. The molecule has 0 amide bonds. The van der Waals surface area contributed by atoms with E-state index in [1.54, 1.807) is 0 Å². The lowest BCUT2D eigenvalue weighted by atomic mass is 9.74. The van der Waals surface area contributed by atoms with Crippen LogP contribution in [-0.4, -0.2) is 4.98 Å². The SMILES string of the molecule is Clc1ccc(C2C3C4C=C[C@H]2[C@@H]2C[C@@H]2[C@@H]43)cn1. The van der Waals surface area contributed by atoms with Gasteiger partial charge in [-0.05, 0) is 59.5 Å². The van der Waals surface area contributed by atoms with Crippen molar-refractivity contribution in [3.05, 3.63) is 41.2 Å². The zero-order valence-electron chi connectivity index (χ0n) is 9.46. The van der Waals surface area contributed by atoms with E-state index in [1.165, 1.54) is 12.0 Å². The molecule has 3 unspecified atom stereocenters. The highest BCUT2D eigenvalue weighted by Gasteiger charge is 2.70. The van der Waals surface area contributed by atoms with Crippen molar-refractivity contribution in [3.63, 3.8) is 0 Å². The molecular formula is C15H14ClN. The Labute approximate surface area is 106 Å². The summed E-state index contributed by atoms with van der Waals surface area (Å²) < 4.78 is 0. The molecule has 3 saturated carbocycles. The minimum Gasteiger partial charge on any atom is -0.244 e. The van der Waals surface area contributed by atoms with Crippen molar-refractivity contribution in [2.24, 2.45) is 35.5 Å². The predicted octanol–water partition coefficient (Wildman–Crippen LogP) is 3.52. The predicted molar refractivity (Wildman–Crippen MR) is 66.7 cm³/mol. The lowest BCUT2D eigenvalue weighted by molar-refractivity contribution is 0.320. The number of halogens is 1. The van der Waals surface area contributed by atoms with Crippen LogP contribution in [0.3, 0.4) is 0 Å². The van der Waals surface area contributed by atoms with Crippen molar-refractivity contribution in [2.75, 3.05) is 0 Å². The Kier molecular flexibility index (Phi) is 1.49. The van der Waals surface area contributed by atoms with Crippen LogP contribution in [0.5, 0.6) is 0 Å². The van der Waals surface area contributed by atoms with Crippen molar-refractivity contribution in [2.45, 2.75) is 12.3 Å². The number of nitrogens with zero attached hydrogens (tertiary/aromatic N) is 1. The molecule has 2 bridgehead atoms. The molecule has 86 valence electrons. The number of hydrogen-bond acceptors (Lipinski definition) is 1. The van der Waals surface area contributed by atoms with E-state index < -0.39 is 0 Å². The summed E-state index contributed by atoms with van der Waals surface area (Å²) in [5.74, 6) is 6.42. The summed E-state index contributed by atoms with van der Waals surface area (Å²) in [5.41, 5.74) is 1.42. The third-order valence-electron chi connectivity index (χ3n) is 5.59. The minimum absolute atomic E-state index is 0.613. The zero-order chi connectivity index (χ0) is 11.1. The molecule has 4 aliphatic rings. The molecule has 0 aliphatic heterocycles. The van der Waals surface area contributed by atoms with Gasteiger partial charge in [0.2, 0.25) is 0 Å². The highest BCUT2D eigenvalue weighted by atomic mass is 35.5. The average Bonchev–Trinajstić information content (AvgIpc) is 3.20. The van der Waals surface area contributed by atoms with Crippen LogP contribution in [0, 0.1) is 35.5 Å². The first-order chi connectivity index (χ1) is 8.34. The maximum Gasteiger partial charge on any atom is 0.129 e. The summed E-state index contributed by atoms with van der Waals surface area (Å²) in [7, 11) is 0. The van der Waals surface area contributed by atoms with Gasteiger partial charge in [-0.15, -0.1) is 0 Å². The fourth-order valence-corrected chi connectivity index (χ4v) is 4.99. The van der Waals surface area contributed by atoms with Crippen LogP contribution in [0.25, 0.3) is 0 Å². The monoisotopic (exact) mass is 243 g/mol. The third kappa shape index (κ3) is 1.05. The van der Waals surface area contributed by atoms with Crippen LogP contribution in [0.15, 0.2) is 30.5 Å².